The van der Waals surface area contributed by atoms with Crippen LogP contribution in [0.2, 0.25) is 0 Å². The van der Waals surface area contributed by atoms with Crippen LogP contribution < -0.4 is 0 Å². The predicted molar refractivity (Wildman–Crippen MR) is 133 cm³/mol. The topological polar surface area (TPSA) is 12.5 Å². The first kappa shape index (κ1) is 30.4. The Bertz CT molecular complexity index is 391. The summed E-state index contributed by atoms with van der Waals surface area (Å²) in [6.45, 7) is 22.8. The van der Waals surface area contributed by atoms with Crippen molar-refractivity contribution in [3.63, 3.8) is 0 Å². The summed E-state index contributed by atoms with van der Waals surface area (Å²) in [5.41, 5.74) is 1.07. The maximum Gasteiger partial charge on any atom is 0.0701 e. The molecule has 1 nitrogen and oxygen atoms in total. The maximum absolute atomic E-state index is 4.50. The molecule has 0 amide bonds. The van der Waals surface area contributed by atoms with Crippen LogP contribution in [0.3, 0.4) is 0 Å². The van der Waals surface area contributed by atoms with Gasteiger partial charge in [0.2, 0.25) is 0 Å². The molecule has 29 heavy (non-hydrogen) atoms. The first-order valence-electron chi connectivity index (χ1n) is 12.6. The summed E-state index contributed by atoms with van der Waals surface area (Å²) >= 11 is 0. The molecular weight excluding hydrogens is 352 g/mol. The smallest absolute Gasteiger partial charge is 0.0701 e. The van der Waals surface area contributed by atoms with Crippen LogP contribution in [0, 0.1) is 30.6 Å². The molecule has 1 heteroatoms. The highest BCUT2D eigenvalue weighted by atomic mass is 16.6. The summed E-state index contributed by atoms with van der Waals surface area (Å²) in [6.07, 6.45) is 10.2. The van der Waals surface area contributed by atoms with Crippen molar-refractivity contribution in [3.8, 4) is 0 Å². The number of benzene rings is 1. The summed E-state index contributed by atoms with van der Waals surface area (Å²) in [4.78, 5) is 0. The van der Waals surface area contributed by atoms with Gasteiger partial charge >= 0.3 is 0 Å². The highest BCUT2D eigenvalue weighted by molar-refractivity contribution is 5.16. The predicted octanol–water partition coefficient (Wildman–Crippen LogP) is 9.21. The van der Waals surface area contributed by atoms with E-state index in [-0.39, 0.29) is 0 Å². The first-order chi connectivity index (χ1) is 14.2. The fourth-order valence-corrected chi connectivity index (χ4v) is 4.28. The molecule has 3 fully saturated rings. The number of ether oxygens (including phenoxy) is 1. The minimum absolute atomic E-state index is 1.00. The Morgan fingerprint density at radius 2 is 1.14 bits per heavy atom. The minimum Gasteiger partial charge on any atom is -0.377 e. The lowest BCUT2D eigenvalue weighted by Gasteiger charge is -2.29. The number of epoxide rings is 1. The largest absolute Gasteiger partial charge is 0.377 e. The van der Waals surface area contributed by atoms with Gasteiger partial charge in [-0.25, -0.2) is 0 Å². The normalized spacial score (nSPS) is 24.4. The monoisotopic (exact) mass is 405 g/mol. The fraction of sp³-hybridized carbons (Fsp3) is 0.750. The van der Waals surface area contributed by atoms with Gasteiger partial charge in [-0.15, -0.1) is 0 Å². The molecule has 1 saturated heterocycles. The van der Waals surface area contributed by atoms with E-state index in [0.29, 0.717) is 0 Å². The second-order valence-electron chi connectivity index (χ2n) is 7.58. The highest BCUT2D eigenvalue weighted by Gasteiger charge is 2.45. The standard InChI is InChI=1S/C11H20.C7H7.C4H10.C2H4O.2C2H6/c1-3-10-8-5-6-9(7-8)11(10)4-2;1-7-5-3-2-4-6-7;1-3-4-2;1-2-3-1;2*1-2/h8-11H,3-7H2,1-2H3;2-6H,1H2;3-4H2,1-2H3;1-2H2;2*1-2H3. The van der Waals surface area contributed by atoms with Gasteiger partial charge in [0.15, 0.2) is 0 Å². The molecule has 2 saturated carbocycles. The van der Waals surface area contributed by atoms with Crippen LogP contribution in [-0.4, -0.2) is 13.2 Å². The van der Waals surface area contributed by atoms with E-state index in [1.165, 1.54) is 25.7 Å². The lowest BCUT2D eigenvalue weighted by Crippen LogP contribution is -2.20. The van der Waals surface area contributed by atoms with E-state index in [1.54, 1.807) is 19.3 Å². The van der Waals surface area contributed by atoms with Gasteiger partial charge in [0, 0.05) is 0 Å². The minimum atomic E-state index is 1.00. The maximum atomic E-state index is 4.50. The molecule has 2 bridgehead atoms. The summed E-state index contributed by atoms with van der Waals surface area (Å²) in [7, 11) is 0. The second-order valence-corrected chi connectivity index (χ2v) is 7.58. The third-order valence-corrected chi connectivity index (χ3v) is 5.76. The molecule has 1 heterocycles. The molecule has 0 spiro atoms. The van der Waals surface area contributed by atoms with Crippen LogP contribution in [0.1, 0.15) is 106 Å². The Morgan fingerprint density at radius 3 is 1.34 bits per heavy atom. The van der Waals surface area contributed by atoms with Crippen molar-refractivity contribution in [2.24, 2.45) is 23.7 Å². The SMILES string of the molecule is C1CO1.CC.CC.CCC1C2CCC(C2)C1CC.CCCC.[CH2]c1ccccc1. The van der Waals surface area contributed by atoms with Crippen molar-refractivity contribution >= 4 is 0 Å². The molecule has 1 radical (unpaired) electrons. The van der Waals surface area contributed by atoms with E-state index in [0.717, 1.165) is 42.4 Å². The summed E-state index contributed by atoms with van der Waals surface area (Å²) in [5.74, 6) is 4.49. The van der Waals surface area contributed by atoms with E-state index in [1.807, 2.05) is 58.0 Å². The van der Waals surface area contributed by atoms with Crippen molar-refractivity contribution in [2.75, 3.05) is 13.2 Å². The fourth-order valence-electron chi connectivity index (χ4n) is 4.28. The Hall–Kier alpha value is -0.820. The molecule has 4 unspecified atom stereocenters. The van der Waals surface area contributed by atoms with Crippen LogP contribution in [0.4, 0.5) is 0 Å². The lowest BCUT2D eigenvalue weighted by atomic mass is 9.77. The zero-order chi connectivity index (χ0) is 22.5. The Labute approximate surface area is 185 Å². The molecule has 0 N–H and O–H groups in total. The van der Waals surface area contributed by atoms with Crippen LogP contribution in [0.25, 0.3) is 0 Å². The molecule has 171 valence electrons. The van der Waals surface area contributed by atoms with Crippen molar-refractivity contribution < 1.29 is 4.74 Å². The second kappa shape index (κ2) is 21.9. The van der Waals surface area contributed by atoms with Gasteiger partial charge < -0.3 is 4.74 Å². The Kier molecular flexibility index (Phi) is 22.9. The Balaban J connectivity index is 0. The van der Waals surface area contributed by atoms with Crippen LogP contribution in [0.15, 0.2) is 30.3 Å². The average molecular weight is 406 g/mol. The average Bonchev–Trinajstić information content (AvgIpc) is 3.55. The van der Waals surface area contributed by atoms with Gasteiger partial charge in [0.1, 0.15) is 0 Å². The van der Waals surface area contributed by atoms with E-state index in [2.05, 4.69) is 39.4 Å². The molecule has 1 aliphatic heterocycles. The van der Waals surface area contributed by atoms with Crippen molar-refractivity contribution in [3.05, 3.63) is 42.8 Å². The third-order valence-electron chi connectivity index (χ3n) is 5.76. The zero-order valence-corrected chi connectivity index (χ0v) is 21.2. The number of unbranched alkanes of at least 4 members (excludes halogenated alkanes) is 1. The van der Waals surface area contributed by atoms with E-state index in [9.17, 15) is 0 Å². The summed E-state index contributed by atoms with van der Waals surface area (Å²) in [6, 6.07) is 9.87. The van der Waals surface area contributed by atoms with Gasteiger partial charge in [-0.1, -0.05) is 111 Å². The van der Waals surface area contributed by atoms with Crippen molar-refractivity contribution in [1.29, 1.82) is 0 Å². The van der Waals surface area contributed by atoms with Gasteiger partial charge in [0.05, 0.1) is 13.2 Å². The highest BCUT2D eigenvalue weighted by Crippen LogP contribution is 2.54. The van der Waals surface area contributed by atoms with Gasteiger partial charge in [-0.3, -0.25) is 0 Å². The molecule has 2 aliphatic carbocycles. The van der Waals surface area contributed by atoms with E-state index < -0.39 is 0 Å². The molecule has 1 aromatic rings. The van der Waals surface area contributed by atoms with Gasteiger partial charge in [-0.05, 0) is 55.4 Å². The zero-order valence-electron chi connectivity index (χ0n) is 21.2. The molecule has 1 aromatic carbocycles. The first-order valence-corrected chi connectivity index (χ1v) is 12.6. The number of fused-ring (bicyclic) bond motifs is 2. The number of hydrogen-bond donors (Lipinski definition) is 0. The molecular formula is C28H53O. The van der Waals surface area contributed by atoms with Crippen molar-refractivity contribution in [1.82, 2.24) is 0 Å². The third kappa shape index (κ3) is 14.8. The van der Waals surface area contributed by atoms with Crippen LogP contribution >= 0.6 is 0 Å². The molecule has 3 aliphatic rings. The van der Waals surface area contributed by atoms with E-state index >= 15 is 0 Å². The van der Waals surface area contributed by atoms with E-state index in [4.69, 9.17) is 0 Å². The lowest BCUT2D eigenvalue weighted by molar-refractivity contribution is 0.209. The number of rotatable bonds is 3. The Morgan fingerprint density at radius 1 is 0.759 bits per heavy atom. The summed E-state index contributed by atoms with van der Waals surface area (Å²) < 4.78 is 4.50. The molecule has 4 rings (SSSR count). The van der Waals surface area contributed by atoms with Gasteiger partial charge in [-0.2, -0.15) is 0 Å². The summed E-state index contributed by atoms with van der Waals surface area (Å²) in [5, 5.41) is 0. The van der Waals surface area contributed by atoms with Crippen LogP contribution in [-0.2, 0) is 4.74 Å². The molecule has 4 atom stereocenters. The molecule has 0 aromatic heterocycles. The van der Waals surface area contributed by atoms with Crippen molar-refractivity contribution in [2.45, 2.75) is 100 Å². The quantitative estimate of drug-likeness (QED) is 0.456. The number of hydrogen-bond acceptors (Lipinski definition) is 1. The van der Waals surface area contributed by atoms with Crippen LogP contribution in [0.5, 0.6) is 0 Å². The van der Waals surface area contributed by atoms with Gasteiger partial charge in [0.25, 0.3) is 0 Å².